The number of nitrogens with zero attached hydrogens (tertiary/aromatic N) is 5. The van der Waals surface area contributed by atoms with Crippen molar-refractivity contribution < 1.29 is 4.74 Å². The zero-order valence-electron chi connectivity index (χ0n) is 16.3. The predicted molar refractivity (Wildman–Crippen MR) is 110 cm³/mol. The first-order valence-electron chi connectivity index (χ1n) is 9.83. The summed E-state index contributed by atoms with van der Waals surface area (Å²) in [4.78, 5) is 11.4. The molecule has 5 rings (SSSR count). The van der Waals surface area contributed by atoms with Gasteiger partial charge in [-0.1, -0.05) is 18.1 Å². The van der Waals surface area contributed by atoms with Gasteiger partial charge in [0.2, 0.25) is 5.95 Å². The average molecular weight is 386 g/mol. The SMILES string of the molecule is C#Cc1ccc(Nc2nc3n(n2)CCN(C(C)c2ccc4c(c2)OCC4)C3)nc1. The van der Waals surface area contributed by atoms with Gasteiger partial charge in [0.1, 0.15) is 17.4 Å². The monoisotopic (exact) mass is 386 g/mol. The molecule has 1 atom stereocenters. The highest BCUT2D eigenvalue weighted by Crippen LogP contribution is 2.32. The average Bonchev–Trinajstić information content (AvgIpc) is 3.38. The van der Waals surface area contributed by atoms with E-state index in [-0.39, 0.29) is 6.04 Å². The molecule has 146 valence electrons. The molecule has 0 amide bonds. The van der Waals surface area contributed by atoms with E-state index >= 15 is 0 Å². The van der Waals surface area contributed by atoms with Crippen molar-refractivity contribution in [2.75, 3.05) is 18.5 Å². The molecular weight excluding hydrogens is 364 g/mol. The van der Waals surface area contributed by atoms with Gasteiger partial charge in [0.15, 0.2) is 0 Å². The van der Waals surface area contributed by atoms with Crippen LogP contribution in [-0.2, 0) is 19.5 Å². The molecule has 0 bridgehead atoms. The van der Waals surface area contributed by atoms with Crippen molar-refractivity contribution >= 4 is 11.8 Å². The number of hydrogen-bond donors (Lipinski definition) is 1. The lowest BCUT2D eigenvalue weighted by Crippen LogP contribution is -2.36. The first-order chi connectivity index (χ1) is 14.2. The van der Waals surface area contributed by atoms with Crippen molar-refractivity contribution in [3.05, 3.63) is 59.0 Å². The molecule has 2 aromatic heterocycles. The quantitative estimate of drug-likeness (QED) is 0.696. The zero-order chi connectivity index (χ0) is 19.8. The summed E-state index contributed by atoms with van der Waals surface area (Å²) in [6.45, 7) is 5.50. The van der Waals surface area contributed by atoms with E-state index in [1.54, 1.807) is 6.20 Å². The van der Waals surface area contributed by atoms with Crippen molar-refractivity contribution in [2.24, 2.45) is 0 Å². The molecule has 7 heteroatoms. The smallest absolute Gasteiger partial charge is 0.248 e. The topological polar surface area (TPSA) is 68.1 Å². The van der Waals surface area contributed by atoms with Crippen LogP contribution in [0.5, 0.6) is 5.75 Å². The van der Waals surface area contributed by atoms with Crippen LogP contribution in [0.1, 0.15) is 35.5 Å². The van der Waals surface area contributed by atoms with Gasteiger partial charge in [-0.25, -0.2) is 9.67 Å². The Kier molecular flexibility index (Phi) is 4.41. The minimum atomic E-state index is 0.282. The second-order valence-electron chi connectivity index (χ2n) is 7.39. The number of fused-ring (bicyclic) bond motifs is 2. The maximum absolute atomic E-state index is 5.74. The summed E-state index contributed by atoms with van der Waals surface area (Å²) < 4.78 is 7.70. The van der Waals surface area contributed by atoms with Crippen LogP contribution < -0.4 is 10.1 Å². The lowest BCUT2D eigenvalue weighted by molar-refractivity contribution is 0.158. The summed E-state index contributed by atoms with van der Waals surface area (Å²) in [5.41, 5.74) is 3.32. The van der Waals surface area contributed by atoms with Crippen molar-refractivity contribution in [2.45, 2.75) is 32.5 Å². The van der Waals surface area contributed by atoms with Crippen LogP contribution in [0.15, 0.2) is 36.5 Å². The fourth-order valence-electron chi connectivity index (χ4n) is 3.86. The zero-order valence-corrected chi connectivity index (χ0v) is 16.3. The third-order valence-corrected chi connectivity index (χ3v) is 5.61. The van der Waals surface area contributed by atoms with Crippen molar-refractivity contribution in [1.29, 1.82) is 0 Å². The highest BCUT2D eigenvalue weighted by atomic mass is 16.5. The molecule has 3 aromatic rings. The van der Waals surface area contributed by atoms with Crippen molar-refractivity contribution in [3.63, 3.8) is 0 Å². The maximum Gasteiger partial charge on any atom is 0.248 e. The van der Waals surface area contributed by atoms with Crippen LogP contribution in [0.3, 0.4) is 0 Å². The van der Waals surface area contributed by atoms with E-state index in [2.05, 4.69) is 56.3 Å². The molecule has 0 saturated carbocycles. The van der Waals surface area contributed by atoms with Crippen LogP contribution in [0.4, 0.5) is 11.8 Å². The minimum Gasteiger partial charge on any atom is -0.493 e. The van der Waals surface area contributed by atoms with Crippen LogP contribution in [0.2, 0.25) is 0 Å². The molecule has 4 heterocycles. The highest BCUT2D eigenvalue weighted by Gasteiger charge is 2.25. The molecule has 0 aliphatic carbocycles. The molecular formula is C22H22N6O. The molecule has 1 N–H and O–H groups in total. The van der Waals surface area contributed by atoms with Crippen LogP contribution in [-0.4, -0.2) is 37.8 Å². The molecule has 2 aliphatic heterocycles. The van der Waals surface area contributed by atoms with E-state index < -0.39 is 0 Å². The van der Waals surface area contributed by atoms with E-state index in [0.717, 1.165) is 49.8 Å². The Hall–Kier alpha value is -3.37. The Morgan fingerprint density at radius 3 is 3.00 bits per heavy atom. The molecule has 0 spiro atoms. The second-order valence-corrected chi connectivity index (χ2v) is 7.39. The molecule has 0 radical (unpaired) electrons. The summed E-state index contributed by atoms with van der Waals surface area (Å²) in [7, 11) is 0. The van der Waals surface area contributed by atoms with Gasteiger partial charge in [-0.05, 0) is 36.2 Å². The number of hydrogen-bond acceptors (Lipinski definition) is 6. The van der Waals surface area contributed by atoms with Crippen LogP contribution in [0.25, 0.3) is 0 Å². The number of nitrogens with one attached hydrogen (secondary N) is 1. The Bertz CT molecular complexity index is 1080. The summed E-state index contributed by atoms with van der Waals surface area (Å²) in [6, 6.07) is 10.6. The number of benzene rings is 1. The van der Waals surface area contributed by atoms with Gasteiger partial charge in [-0.3, -0.25) is 4.90 Å². The number of terminal acetylenes is 1. The summed E-state index contributed by atoms with van der Waals surface area (Å²) in [5.74, 6) is 5.77. The Balaban J connectivity index is 1.30. The third kappa shape index (κ3) is 3.43. The van der Waals surface area contributed by atoms with E-state index in [1.165, 1.54) is 11.1 Å². The Labute approximate surface area is 169 Å². The number of ether oxygens (including phenoxy) is 1. The first-order valence-corrected chi connectivity index (χ1v) is 9.83. The molecule has 0 fully saturated rings. The molecule has 1 aromatic carbocycles. The summed E-state index contributed by atoms with van der Waals surface area (Å²) in [5, 5.41) is 7.73. The standard InChI is InChI=1S/C22H22N6O/c1-3-16-4-7-20(23-13-16)24-22-25-21-14-27(9-10-28(21)26-22)15(2)18-6-5-17-8-11-29-19(17)12-18/h1,4-7,12-13,15H,8-11,14H2,2H3,(H,23,24,26). The first kappa shape index (κ1) is 17.7. The molecule has 0 saturated heterocycles. The number of rotatable bonds is 4. The van der Waals surface area contributed by atoms with Gasteiger partial charge in [0.05, 0.1) is 19.7 Å². The van der Waals surface area contributed by atoms with E-state index in [4.69, 9.17) is 11.2 Å². The molecule has 7 nitrogen and oxygen atoms in total. The number of aromatic nitrogens is 4. The fourth-order valence-corrected chi connectivity index (χ4v) is 3.86. The van der Waals surface area contributed by atoms with E-state index in [9.17, 15) is 0 Å². The van der Waals surface area contributed by atoms with Crippen molar-refractivity contribution in [3.8, 4) is 18.1 Å². The Morgan fingerprint density at radius 1 is 1.24 bits per heavy atom. The predicted octanol–water partition coefficient (Wildman–Crippen LogP) is 2.91. The summed E-state index contributed by atoms with van der Waals surface area (Å²) in [6.07, 6.45) is 8.04. The minimum absolute atomic E-state index is 0.282. The second kappa shape index (κ2) is 7.22. The number of anilines is 2. The lowest BCUT2D eigenvalue weighted by atomic mass is 10.0. The van der Waals surface area contributed by atoms with E-state index in [1.807, 2.05) is 16.8 Å². The normalized spacial score (nSPS) is 16.4. The largest absolute Gasteiger partial charge is 0.493 e. The van der Waals surface area contributed by atoms with Gasteiger partial charge in [0, 0.05) is 30.8 Å². The van der Waals surface area contributed by atoms with Gasteiger partial charge in [0.25, 0.3) is 0 Å². The van der Waals surface area contributed by atoms with Crippen LogP contribution >= 0.6 is 0 Å². The van der Waals surface area contributed by atoms with Gasteiger partial charge in [-0.2, -0.15) is 4.98 Å². The Morgan fingerprint density at radius 2 is 2.17 bits per heavy atom. The van der Waals surface area contributed by atoms with Gasteiger partial charge in [-0.15, -0.1) is 11.5 Å². The lowest BCUT2D eigenvalue weighted by Gasteiger charge is -2.32. The van der Waals surface area contributed by atoms with Crippen molar-refractivity contribution in [1.82, 2.24) is 24.6 Å². The molecule has 1 unspecified atom stereocenters. The maximum atomic E-state index is 5.74. The fraction of sp³-hybridized carbons (Fsp3) is 0.318. The number of pyridine rings is 1. The highest BCUT2D eigenvalue weighted by molar-refractivity contribution is 5.49. The summed E-state index contributed by atoms with van der Waals surface area (Å²) >= 11 is 0. The van der Waals surface area contributed by atoms with E-state index in [0.29, 0.717) is 11.8 Å². The van der Waals surface area contributed by atoms with Gasteiger partial charge >= 0.3 is 0 Å². The van der Waals surface area contributed by atoms with Gasteiger partial charge < -0.3 is 10.1 Å². The van der Waals surface area contributed by atoms with Crippen LogP contribution in [0, 0.1) is 12.3 Å². The molecule has 2 aliphatic rings. The molecule has 29 heavy (non-hydrogen) atoms. The third-order valence-electron chi connectivity index (χ3n) is 5.61.